The molecule has 2 rings (SSSR count). The van der Waals surface area contributed by atoms with Crippen molar-refractivity contribution in [2.45, 2.75) is 6.92 Å². The van der Waals surface area contributed by atoms with Crippen LogP contribution in [-0.4, -0.2) is 30.7 Å². The molecular weight excluding hydrogens is 172 g/mol. The van der Waals surface area contributed by atoms with Gasteiger partial charge in [0.2, 0.25) is 0 Å². The molecule has 66 valence electrons. The Kier molecular flexibility index (Phi) is 1.48. The van der Waals surface area contributed by atoms with Crippen LogP contribution in [0.5, 0.6) is 0 Å². The maximum absolute atomic E-state index is 10.6. The zero-order valence-electron chi connectivity index (χ0n) is 6.80. The van der Waals surface area contributed by atoms with E-state index in [1.807, 2.05) is 0 Å². The topological polar surface area (TPSA) is 80.4 Å². The standard InChI is InChI=1S/C7H6N4O2/c1-4-9-10-6-2-8-5(7(12)13)3-11(4)6/h2-3H,1H3,(H,12,13). The summed E-state index contributed by atoms with van der Waals surface area (Å²) in [7, 11) is 0. The van der Waals surface area contributed by atoms with Gasteiger partial charge in [-0.2, -0.15) is 0 Å². The molecule has 0 atom stereocenters. The number of aromatic nitrogens is 4. The minimum absolute atomic E-state index is 0.0181. The summed E-state index contributed by atoms with van der Waals surface area (Å²) >= 11 is 0. The van der Waals surface area contributed by atoms with E-state index in [1.54, 1.807) is 11.3 Å². The van der Waals surface area contributed by atoms with Crippen molar-refractivity contribution in [2.24, 2.45) is 0 Å². The second kappa shape index (κ2) is 2.51. The largest absolute Gasteiger partial charge is 0.476 e. The lowest BCUT2D eigenvalue weighted by atomic mass is 10.4. The summed E-state index contributed by atoms with van der Waals surface area (Å²) in [6, 6.07) is 0. The zero-order chi connectivity index (χ0) is 9.42. The average molecular weight is 178 g/mol. The van der Waals surface area contributed by atoms with Gasteiger partial charge in [0.1, 0.15) is 5.82 Å². The van der Waals surface area contributed by atoms with E-state index in [0.717, 1.165) is 0 Å². The number of carboxylic acids is 1. The van der Waals surface area contributed by atoms with Gasteiger partial charge in [-0.15, -0.1) is 10.2 Å². The molecular formula is C7H6N4O2. The van der Waals surface area contributed by atoms with Crippen LogP contribution in [0.25, 0.3) is 5.65 Å². The smallest absolute Gasteiger partial charge is 0.356 e. The third kappa shape index (κ3) is 1.12. The van der Waals surface area contributed by atoms with Crippen LogP contribution < -0.4 is 0 Å². The van der Waals surface area contributed by atoms with Crippen LogP contribution >= 0.6 is 0 Å². The molecule has 2 aromatic heterocycles. The first kappa shape index (κ1) is 7.66. The second-order valence-corrected chi connectivity index (χ2v) is 2.55. The number of aryl methyl sites for hydroxylation is 1. The van der Waals surface area contributed by atoms with Crippen LogP contribution in [0, 0.1) is 6.92 Å². The predicted octanol–water partition coefficient (Wildman–Crippen LogP) is 0.131. The summed E-state index contributed by atoms with van der Waals surface area (Å²) < 4.78 is 1.58. The van der Waals surface area contributed by atoms with Crippen molar-refractivity contribution in [2.75, 3.05) is 0 Å². The number of nitrogens with zero attached hydrogens (tertiary/aromatic N) is 4. The molecule has 2 heterocycles. The fourth-order valence-electron chi connectivity index (χ4n) is 1.03. The molecule has 0 fully saturated rings. The molecule has 0 aliphatic rings. The number of fused-ring (bicyclic) bond motifs is 1. The van der Waals surface area contributed by atoms with Crippen LogP contribution in [0.2, 0.25) is 0 Å². The van der Waals surface area contributed by atoms with Crippen LogP contribution in [0.4, 0.5) is 0 Å². The fraction of sp³-hybridized carbons (Fsp3) is 0.143. The Bertz CT molecular complexity index is 476. The lowest BCUT2D eigenvalue weighted by Gasteiger charge is -1.95. The summed E-state index contributed by atoms with van der Waals surface area (Å²) in [6.07, 6.45) is 2.77. The monoisotopic (exact) mass is 178 g/mol. The van der Waals surface area contributed by atoms with Crippen LogP contribution in [-0.2, 0) is 0 Å². The molecule has 0 radical (unpaired) electrons. The number of carboxylic acid groups (broad SMARTS) is 1. The Morgan fingerprint density at radius 2 is 2.31 bits per heavy atom. The molecule has 2 aromatic rings. The summed E-state index contributed by atoms with van der Waals surface area (Å²) in [5.74, 6) is -0.421. The van der Waals surface area contributed by atoms with E-state index in [0.29, 0.717) is 11.5 Å². The third-order valence-corrected chi connectivity index (χ3v) is 1.68. The van der Waals surface area contributed by atoms with Crippen LogP contribution in [0.1, 0.15) is 16.3 Å². The molecule has 0 amide bonds. The van der Waals surface area contributed by atoms with Gasteiger partial charge in [-0.1, -0.05) is 0 Å². The Hall–Kier alpha value is -1.98. The Morgan fingerprint density at radius 3 is 3.00 bits per heavy atom. The van der Waals surface area contributed by atoms with E-state index >= 15 is 0 Å². The first-order valence-corrected chi connectivity index (χ1v) is 3.59. The van der Waals surface area contributed by atoms with Crippen molar-refractivity contribution in [1.29, 1.82) is 0 Å². The molecule has 13 heavy (non-hydrogen) atoms. The molecule has 0 spiro atoms. The lowest BCUT2D eigenvalue weighted by molar-refractivity contribution is 0.0690. The number of rotatable bonds is 1. The third-order valence-electron chi connectivity index (χ3n) is 1.68. The van der Waals surface area contributed by atoms with Gasteiger partial charge in [-0.05, 0) is 6.92 Å². The summed E-state index contributed by atoms with van der Waals surface area (Å²) in [4.78, 5) is 14.3. The van der Waals surface area contributed by atoms with Crippen molar-refractivity contribution >= 4 is 11.6 Å². The lowest BCUT2D eigenvalue weighted by Crippen LogP contribution is -2.02. The van der Waals surface area contributed by atoms with Gasteiger partial charge in [0, 0.05) is 6.20 Å². The summed E-state index contributed by atoms with van der Waals surface area (Å²) in [5, 5.41) is 16.2. The normalized spacial score (nSPS) is 10.5. The van der Waals surface area contributed by atoms with Gasteiger partial charge >= 0.3 is 5.97 Å². The van der Waals surface area contributed by atoms with Gasteiger partial charge in [0.15, 0.2) is 11.3 Å². The summed E-state index contributed by atoms with van der Waals surface area (Å²) in [5.41, 5.74) is 0.526. The molecule has 0 unspecified atom stereocenters. The van der Waals surface area contributed by atoms with Crippen molar-refractivity contribution in [3.05, 3.63) is 23.9 Å². The first-order valence-electron chi connectivity index (χ1n) is 3.59. The average Bonchev–Trinajstić information content (AvgIpc) is 2.47. The molecule has 0 saturated heterocycles. The van der Waals surface area contributed by atoms with Gasteiger partial charge in [0.05, 0.1) is 6.20 Å². The highest BCUT2D eigenvalue weighted by Gasteiger charge is 2.07. The van der Waals surface area contributed by atoms with Crippen LogP contribution in [0.15, 0.2) is 12.4 Å². The van der Waals surface area contributed by atoms with Gasteiger partial charge in [-0.3, -0.25) is 4.40 Å². The summed E-state index contributed by atoms with van der Waals surface area (Å²) in [6.45, 7) is 1.74. The maximum Gasteiger partial charge on any atom is 0.356 e. The van der Waals surface area contributed by atoms with E-state index in [2.05, 4.69) is 15.2 Å². The van der Waals surface area contributed by atoms with Crippen molar-refractivity contribution in [3.63, 3.8) is 0 Å². The van der Waals surface area contributed by atoms with E-state index in [-0.39, 0.29) is 5.69 Å². The quantitative estimate of drug-likeness (QED) is 0.671. The van der Waals surface area contributed by atoms with Gasteiger partial charge in [-0.25, -0.2) is 9.78 Å². The van der Waals surface area contributed by atoms with Crippen molar-refractivity contribution < 1.29 is 9.90 Å². The molecule has 0 bridgehead atoms. The zero-order valence-corrected chi connectivity index (χ0v) is 6.80. The van der Waals surface area contributed by atoms with E-state index in [4.69, 9.17) is 5.11 Å². The Morgan fingerprint density at radius 1 is 1.54 bits per heavy atom. The Labute approximate surface area is 72.9 Å². The molecule has 1 N–H and O–H groups in total. The van der Waals surface area contributed by atoms with Gasteiger partial charge < -0.3 is 5.11 Å². The minimum Gasteiger partial charge on any atom is -0.476 e. The van der Waals surface area contributed by atoms with Crippen LogP contribution in [0.3, 0.4) is 0 Å². The van der Waals surface area contributed by atoms with E-state index in [9.17, 15) is 4.79 Å². The van der Waals surface area contributed by atoms with E-state index < -0.39 is 5.97 Å². The van der Waals surface area contributed by atoms with Crippen molar-refractivity contribution in [3.8, 4) is 0 Å². The molecule has 0 aliphatic heterocycles. The number of hydrogen-bond donors (Lipinski definition) is 1. The molecule has 0 aliphatic carbocycles. The highest BCUT2D eigenvalue weighted by atomic mass is 16.4. The predicted molar refractivity (Wildman–Crippen MR) is 42.5 cm³/mol. The van der Waals surface area contributed by atoms with E-state index in [1.165, 1.54) is 12.4 Å². The van der Waals surface area contributed by atoms with Gasteiger partial charge in [0.25, 0.3) is 0 Å². The highest BCUT2D eigenvalue weighted by Crippen LogP contribution is 2.02. The van der Waals surface area contributed by atoms with Crippen molar-refractivity contribution in [1.82, 2.24) is 19.6 Å². The minimum atomic E-state index is -1.06. The number of hydrogen-bond acceptors (Lipinski definition) is 4. The second-order valence-electron chi connectivity index (χ2n) is 2.55. The maximum atomic E-state index is 10.6. The number of carbonyl (C=O) groups is 1. The first-order chi connectivity index (χ1) is 6.18. The molecule has 0 saturated carbocycles. The molecule has 6 heteroatoms. The SMILES string of the molecule is Cc1nnc2cnc(C(=O)O)cn12. The highest BCUT2D eigenvalue weighted by molar-refractivity contribution is 5.85. The molecule has 0 aromatic carbocycles. The number of aromatic carboxylic acids is 1. The fourth-order valence-corrected chi connectivity index (χ4v) is 1.03. The molecule has 6 nitrogen and oxygen atoms in total. The Balaban J connectivity index is 2.72.